The Hall–Kier alpha value is -2.97. The number of carbonyl (C=O) groups is 4. The van der Waals surface area contributed by atoms with Crippen LogP contribution in [0.4, 0.5) is 4.79 Å². The largest absolute Gasteiger partial charge is 0.479 e. The highest BCUT2D eigenvalue weighted by atomic mass is 79.9. The molecule has 1 aliphatic heterocycles. The van der Waals surface area contributed by atoms with E-state index < -0.39 is 69.1 Å². The number of amides is 3. The van der Waals surface area contributed by atoms with Crippen molar-refractivity contribution in [1.29, 1.82) is 0 Å². The molecule has 1 heterocycles. The van der Waals surface area contributed by atoms with E-state index >= 15 is 0 Å². The maximum atomic E-state index is 14.1. The van der Waals surface area contributed by atoms with Crippen molar-refractivity contribution in [2.75, 3.05) is 6.54 Å². The molecule has 1 saturated heterocycles. The third-order valence-electron chi connectivity index (χ3n) is 9.09. The topological polar surface area (TPSA) is 168 Å². The van der Waals surface area contributed by atoms with Crippen molar-refractivity contribution in [2.45, 2.75) is 87.6 Å². The van der Waals surface area contributed by atoms with Gasteiger partial charge in [0.05, 0.1) is 11.0 Å². The van der Waals surface area contributed by atoms with Gasteiger partial charge in [-0.15, -0.1) is 6.58 Å². The lowest BCUT2D eigenvalue weighted by Gasteiger charge is -2.35. The quantitative estimate of drug-likeness (QED) is 0.246. The zero-order valence-electron chi connectivity index (χ0n) is 24.8. The molecule has 5 rings (SSSR count). The van der Waals surface area contributed by atoms with E-state index in [0.717, 1.165) is 19.3 Å². The summed E-state index contributed by atoms with van der Waals surface area (Å²) < 4.78 is 38.0. The van der Waals surface area contributed by atoms with E-state index in [1.54, 1.807) is 32.9 Å². The number of carboxylic acid groups (broad SMARTS) is 1. The second kappa shape index (κ2) is 11.8. The number of rotatable bonds is 10. The van der Waals surface area contributed by atoms with Crippen LogP contribution in [0, 0.1) is 23.2 Å². The molecule has 14 heteroatoms. The lowest BCUT2D eigenvalue weighted by atomic mass is 9.85. The molecule has 3 saturated carbocycles. The molecule has 1 aromatic rings. The fraction of sp³-hybridized carbons (Fsp3) is 0.600. The van der Waals surface area contributed by atoms with E-state index in [1.165, 1.54) is 23.1 Å². The predicted molar refractivity (Wildman–Crippen MR) is 161 cm³/mol. The number of carboxylic acids is 1. The monoisotopic (exact) mass is 695 g/mol. The second-order valence-corrected chi connectivity index (χ2v) is 15.9. The summed E-state index contributed by atoms with van der Waals surface area (Å²) in [5.74, 6) is -1.97. The van der Waals surface area contributed by atoms with Crippen LogP contribution in [0.5, 0.6) is 0 Å². The molecule has 0 bridgehead atoms. The van der Waals surface area contributed by atoms with Gasteiger partial charge in [0, 0.05) is 23.4 Å². The maximum Gasteiger partial charge on any atom is 0.408 e. The molecule has 0 aromatic heterocycles. The van der Waals surface area contributed by atoms with Crippen molar-refractivity contribution in [1.82, 2.24) is 15.5 Å². The van der Waals surface area contributed by atoms with Crippen molar-refractivity contribution < 1.29 is 41.6 Å². The lowest BCUT2D eigenvalue weighted by molar-refractivity contribution is -0.146. The van der Waals surface area contributed by atoms with Gasteiger partial charge in [-0.25, -0.2) is 9.59 Å². The molecule has 4 aliphatic rings. The molecule has 0 radical (unpaired) electrons. The Kier molecular flexibility index (Phi) is 8.66. The van der Waals surface area contributed by atoms with Gasteiger partial charge in [0.1, 0.15) is 23.7 Å². The first kappa shape index (κ1) is 32.4. The molecule has 3 aliphatic carbocycles. The van der Waals surface area contributed by atoms with E-state index in [9.17, 15) is 32.7 Å². The Balaban J connectivity index is 1.37. The minimum atomic E-state index is -4.28. The molecule has 0 spiro atoms. The van der Waals surface area contributed by atoms with Crippen LogP contribution in [0.25, 0.3) is 0 Å². The van der Waals surface area contributed by atoms with Crippen molar-refractivity contribution >= 4 is 49.9 Å². The van der Waals surface area contributed by atoms with Crippen molar-refractivity contribution in [2.24, 2.45) is 23.2 Å². The van der Waals surface area contributed by atoms with Crippen LogP contribution < -0.4 is 10.6 Å². The molecule has 8 atom stereocenters. The average molecular weight is 697 g/mol. The molecule has 1 unspecified atom stereocenters. The summed E-state index contributed by atoms with van der Waals surface area (Å²) >= 11 is 3.26. The molecule has 3 amide bonds. The Labute approximate surface area is 265 Å². The third kappa shape index (κ3) is 6.66. The summed E-state index contributed by atoms with van der Waals surface area (Å²) in [7, 11) is -4.28. The van der Waals surface area contributed by atoms with E-state index in [0.29, 0.717) is 16.3 Å². The molecular weight excluding hydrogens is 658 g/mol. The first-order chi connectivity index (χ1) is 20.5. The Morgan fingerprint density at radius 1 is 1.09 bits per heavy atom. The molecule has 240 valence electrons. The minimum Gasteiger partial charge on any atom is -0.479 e. The Bertz CT molecular complexity index is 1450. The molecule has 3 N–H and O–H groups in total. The van der Waals surface area contributed by atoms with Crippen LogP contribution in [0.2, 0.25) is 0 Å². The van der Waals surface area contributed by atoms with Gasteiger partial charge in [0.2, 0.25) is 11.8 Å². The summed E-state index contributed by atoms with van der Waals surface area (Å²) in [6.45, 7) is 8.59. The standard InChI is InChI=1S/C30H38BrN3O9S/c1-5-18-14-30(18,27(37)38)33-25(35)23-13-21(43-44(40,41)22-8-6-19(31)7-9-22)15-34(23)26(36)24(29(2,3)4)32-28(39)42-20-11-16-10-17(16)12-20/h5-9,16-18,20-21,23-24H,1,10-15H2,2-4H3,(H,32,39)(H,33,35)(H,37,38)/t16-,17+,18-,20?,21+,23+,24-,30-/m1/s1. The van der Waals surface area contributed by atoms with Crippen LogP contribution in [0.1, 0.15) is 52.9 Å². The summed E-state index contributed by atoms with van der Waals surface area (Å²) in [5, 5.41) is 15.1. The number of carbonyl (C=O) groups excluding carboxylic acids is 3. The molecular formula is C30H38BrN3O9S. The van der Waals surface area contributed by atoms with E-state index in [4.69, 9.17) is 8.92 Å². The molecule has 1 aromatic carbocycles. The zero-order chi connectivity index (χ0) is 32.2. The zero-order valence-corrected chi connectivity index (χ0v) is 27.2. The number of hydrogen-bond donors (Lipinski definition) is 3. The number of hydrogen-bond acceptors (Lipinski definition) is 8. The molecule has 4 fully saturated rings. The minimum absolute atomic E-state index is 0.107. The van der Waals surface area contributed by atoms with Crippen molar-refractivity contribution in [3.63, 3.8) is 0 Å². The summed E-state index contributed by atoms with van der Waals surface area (Å²) in [4.78, 5) is 53.8. The van der Waals surface area contributed by atoms with Crippen LogP contribution >= 0.6 is 15.9 Å². The number of aliphatic carboxylic acids is 1. The highest BCUT2D eigenvalue weighted by Crippen LogP contribution is 2.52. The Morgan fingerprint density at radius 3 is 2.27 bits per heavy atom. The number of halogens is 1. The fourth-order valence-corrected chi connectivity index (χ4v) is 7.73. The predicted octanol–water partition coefficient (Wildman–Crippen LogP) is 3.21. The smallest absolute Gasteiger partial charge is 0.408 e. The fourth-order valence-electron chi connectivity index (χ4n) is 6.39. The number of ether oxygens (including phenoxy) is 1. The van der Waals surface area contributed by atoms with Crippen molar-refractivity contribution in [3.05, 3.63) is 41.4 Å². The highest BCUT2D eigenvalue weighted by Gasteiger charge is 2.61. The third-order valence-corrected chi connectivity index (χ3v) is 11.0. The van der Waals surface area contributed by atoms with Crippen molar-refractivity contribution in [3.8, 4) is 0 Å². The summed E-state index contributed by atoms with van der Waals surface area (Å²) in [6.07, 6.45) is 2.04. The van der Waals surface area contributed by atoms with E-state index in [-0.39, 0.29) is 30.4 Å². The van der Waals surface area contributed by atoms with Crippen LogP contribution in [-0.4, -0.2) is 78.7 Å². The van der Waals surface area contributed by atoms with E-state index in [2.05, 4.69) is 33.1 Å². The van der Waals surface area contributed by atoms with Gasteiger partial charge in [-0.1, -0.05) is 42.8 Å². The normalized spacial score (nSPS) is 31.4. The van der Waals surface area contributed by atoms with E-state index in [1.807, 2.05) is 0 Å². The van der Waals surface area contributed by atoms with Gasteiger partial charge in [-0.05, 0) is 67.2 Å². The molecule has 44 heavy (non-hydrogen) atoms. The van der Waals surface area contributed by atoms with Gasteiger partial charge in [-0.3, -0.25) is 13.8 Å². The van der Waals surface area contributed by atoms with Crippen LogP contribution in [0.15, 0.2) is 46.3 Å². The number of fused-ring (bicyclic) bond motifs is 1. The van der Waals surface area contributed by atoms with Crippen LogP contribution in [-0.2, 0) is 33.4 Å². The van der Waals surface area contributed by atoms with Gasteiger partial charge in [-0.2, -0.15) is 8.42 Å². The van der Waals surface area contributed by atoms with Gasteiger partial charge in [0.15, 0.2) is 0 Å². The number of likely N-dealkylation sites (tertiary alicyclic amines) is 1. The number of benzene rings is 1. The van der Waals surface area contributed by atoms with Crippen LogP contribution in [0.3, 0.4) is 0 Å². The highest BCUT2D eigenvalue weighted by molar-refractivity contribution is 9.10. The number of alkyl carbamates (subject to hydrolysis) is 1. The maximum absolute atomic E-state index is 14.1. The summed E-state index contributed by atoms with van der Waals surface area (Å²) in [5.41, 5.74) is -2.40. The van der Waals surface area contributed by atoms with Gasteiger partial charge < -0.3 is 25.4 Å². The first-order valence-corrected chi connectivity index (χ1v) is 16.9. The summed E-state index contributed by atoms with van der Waals surface area (Å²) in [6, 6.07) is 3.40. The lowest BCUT2D eigenvalue weighted by Crippen LogP contribution is -2.59. The number of nitrogens with one attached hydrogen (secondary N) is 2. The SMILES string of the molecule is C=C[C@@H]1C[C@]1(NC(=O)[C@@H]1C[C@H](OS(=O)(=O)c2ccc(Br)cc2)CN1C(=O)[C@@H](NC(=O)OC1C[C@@H]2C[C@@H]2C1)C(C)(C)C)C(=O)O. The van der Waals surface area contributed by atoms with Gasteiger partial charge in [0.25, 0.3) is 10.1 Å². The molecule has 12 nitrogen and oxygen atoms in total. The average Bonchev–Trinajstić information content (AvgIpc) is 3.75. The number of nitrogens with zero attached hydrogens (tertiary/aromatic N) is 1. The van der Waals surface area contributed by atoms with Gasteiger partial charge >= 0.3 is 12.1 Å². The second-order valence-electron chi connectivity index (χ2n) is 13.4. The first-order valence-electron chi connectivity index (χ1n) is 14.7. The Morgan fingerprint density at radius 2 is 1.73 bits per heavy atom.